The van der Waals surface area contributed by atoms with Crippen LogP contribution in [0.4, 0.5) is 0 Å². The van der Waals surface area contributed by atoms with Gasteiger partial charge in [0.05, 0.1) is 10.8 Å². The normalized spacial score (nSPS) is 16.9. The molecule has 4 aliphatic carbocycles. The van der Waals surface area contributed by atoms with Gasteiger partial charge in [0.1, 0.15) is 23.4 Å². The third-order valence-corrected chi connectivity index (χ3v) is 22.4. The first-order valence-electron chi connectivity index (χ1n) is 36.5. The van der Waals surface area contributed by atoms with Crippen molar-refractivity contribution in [3.63, 3.8) is 0 Å². The summed E-state index contributed by atoms with van der Waals surface area (Å²) in [7, 11) is 0. The van der Waals surface area contributed by atoms with Gasteiger partial charge in [-0.05, 0) is 138 Å². The molecule has 498 valence electrons. The van der Waals surface area contributed by atoms with Gasteiger partial charge in [-0.1, -0.05) is 315 Å². The number of fused-ring (bicyclic) bond motifs is 18. The topological polar surface area (TPSA) is 95.8 Å². The van der Waals surface area contributed by atoms with Gasteiger partial charge in [-0.2, -0.15) is 0 Å². The van der Waals surface area contributed by atoms with Crippen molar-refractivity contribution < 1.29 is 9.47 Å². The summed E-state index contributed by atoms with van der Waals surface area (Å²) >= 11 is 0. The van der Waals surface area contributed by atoms with Crippen LogP contribution in [0.15, 0.2) is 352 Å². The van der Waals surface area contributed by atoms with E-state index < -0.39 is 10.8 Å². The first kappa shape index (κ1) is 61.1. The molecule has 15 aromatic rings. The van der Waals surface area contributed by atoms with Crippen molar-refractivity contribution in [3.8, 4) is 130 Å². The molecule has 8 nitrogen and oxygen atoms in total. The summed E-state index contributed by atoms with van der Waals surface area (Å²) in [5.74, 6) is 6.01. The number of rotatable bonds is 10. The number of hydrogen-bond acceptors (Lipinski definition) is 8. The molecule has 6 aliphatic rings. The van der Waals surface area contributed by atoms with Gasteiger partial charge in [0.15, 0.2) is 34.9 Å². The molecule has 4 heterocycles. The van der Waals surface area contributed by atoms with Crippen molar-refractivity contribution in [1.29, 1.82) is 0 Å². The van der Waals surface area contributed by atoms with Gasteiger partial charge in [-0.25, -0.2) is 29.9 Å². The van der Waals surface area contributed by atoms with E-state index in [9.17, 15) is 0 Å². The van der Waals surface area contributed by atoms with Crippen LogP contribution in [0.3, 0.4) is 0 Å². The Labute approximate surface area is 614 Å². The highest BCUT2D eigenvalue weighted by Gasteiger charge is 2.57. The van der Waals surface area contributed by atoms with Gasteiger partial charge in [0.2, 0.25) is 0 Å². The lowest BCUT2D eigenvalue weighted by molar-refractivity contribution is 0.142. The number of benzene rings is 13. The number of para-hydroxylation sites is 2. The monoisotopic (exact) mass is 1360 g/mol. The summed E-state index contributed by atoms with van der Waals surface area (Å²) in [5, 5.41) is 0. The molecular formula is C98H64N6O2. The van der Waals surface area contributed by atoms with Crippen molar-refractivity contribution in [2.45, 2.75) is 29.8 Å². The van der Waals surface area contributed by atoms with Crippen molar-refractivity contribution in [2.75, 3.05) is 0 Å². The number of hydrogen-bond donors (Lipinski definition) is 0. The minimum absolute atomic E-state index is 0.0876. The van der Waals surface area contributed by atoms with Crippen LogP contribution in [0.1, 0.15) is 63.2 Å². The standard InChI is InChI=1S/C98H64N6O2/c1-4-28-61(29-5-1)68-36-10-13-41-74(68)95-101-92(63-32-8-3-9-33-63)102-96(104-95)76-43-15-12-38-70(76)66-55-57-89-85(60-66)98(82-50-23-25-53-87(82)106-89)80-48-21-18-44-77(80)90-71(45-27-51-83(90)98)64-34-26-35-67(58-64)93-99-91(62-30-6-2-7-31-62)100-94(103-93)75-42-14-11-37-69(75)65-54-56-88-84(59-65)97(81-49-22-24-52-86(81)105-88)78-46-19-16-39-72(78)73-40-17-20-47-79(73)97/h1,3-6,8-60,84,88H,2,7H2. The van der Waals surface area contributed by atoms with E-state index in [0.717, 1.165) is 136 Å². The summed E-state index contributed by atoms with van der Waals surface area (Å²) in [5.41, 5.74) is 25.6. The Kier molecular flexibility index (Phi) is 14.2. The van der Waals surface area contributed by atoms with Crippen molar-refractivity contribution in [3.05, 3.63) is 402 Å². The minimum Gasteiger partial charge on any atom is -0.485 e. The maximum absolute atomic E-state index is 7.10. The third-order valence-electron chi connectivity index (χ3n) is 22.4. The number of nitrogens with zero attached hydrogens (tertiary/aromatic N) is 6. The summed E-state index contributed by atoms with van der Waals surface area (Å²) < 4.78 is 14.1. The molecule has 2 aliphatic heterocycles. The Morgan fingerprint density at radius 2 is 0.755 bits per heavy atom. The predicted octanol–water partition coefficient (Wildman–Crippen LogP) is 22.9. The molecule has 13 aromatic carbocycles. The number of ether oxygens (including phenoxy) is 2. The van der Waals surface area contributed by atoms with Gasteiger partial charge in [0.25, 0.3) is 0 Å². The Balaban J connectivity index is 0.695. The van der Waals surface area contributed by atoms with E-state index >= 15 is 0 Å². The van der Waals surface area contributed by atoms with Crippen molar-refractivity contribution >= 4 is 11.1 Å². The van der Waals surface area contributed by atoms with E-state index in [2.05, 4.69) is 328 Å². The number of aromatic nitrogens is 6. The third kappa shape index (κ3) is 9.47. The molecule has 0 saturated heterocycles. The zero-order valence-electron chi connectivity index (χ0n) is 57.6. The Morgan fingerprint density at radius 3 is 1.44 bits per heavy atom. The van der Waals surface area contributed by atoms with E-state index in [1.165, 1.54) is 33.4 Å². The van der Waals surface area contributed by atoms with E-state index in [1.54, 1.807) is 0 Å². The summed E-state index contributed by atoms with van der Waals surface area (Å²) in [6.07, 6.45) is 15.3. The first-order valence-corrected chi connectivity index (χ1v) is 36.5. The molecule has 106 heavy (non-hydrogen) atoms. The van der Waals surface area contributed by atoms with Crippen LogP contribution in [-0.2, 0) is 10.8 Å². The van der Waals surface area contributed by atoms with Crippen LogP contribution in [0, 0.1) is 5.92 Å². The summed E-state index contributed by atoms with van der Waals surface area (Å²) in [6, 6.07) is 112. The second-order valence-electron chi connectivity index (χ2n) is 28.0. The molecule has 0 fully saturated rings. The second kappa shape index (κ2) is 24.6. The molecule has 0 saturated carbocycles. The van der Waals surface area contributed by atoms with Crippen LogP contribution in [0.2, 0.25) is 0 Å². The average Bonchev–Trinajstić information content (AvgIpc) is 1.50. The molecule has 21 rings (SSSR count). The van der Waals surface area contributed by atoms with E-state index in [-0.39, 0.29) is 12.0 Å². The molecule has 8 heteroatoms. The minimum atomic E-state index is -0.811. The zero-order valence-corrected chi connectivity index (χ0v) is 57.6. The van der Waals surface area contributed by atoms with Crippen LogP contribution >= 0.6 is 0 Å². The molecule has 2 spiro atoms. The lowest BCUT2D eigenvalue weighted by atomic mass is 9.59. The van der Waals surface area contributed by atoms with Crippen LogP contribution < -0.4 is 9.47 Å². The molecule has 2 aromatic heterocycles. The molecule has 0 amide bonds. The maximum Gasteiger partial charge on any atom is 0.164 e. The summed E-state index contributed by atoms with van der Waals surface area (Å²) in [4.78, 5) is 32.4. The van der Waals surface area contributed by atoms with Gasteiger partial charge >= 0.3 is 0 Å². The fourth-order valence-electron chi connectivity index (χ4n) is 17.9. The lowest BCUT2D eigenvalue weighted by Crippen LogP contribution is -2.47. The molecule has 0 bridgehead atoms. The van der Waals surface area contributed by atoms with Gasteiger partial charge in [-0.3, -0.25) is 0 Å². The highest BCUT2D eigenvalue weighted by atomic mass is 16.5. The van der Waals surface area contributed by atoms with Crippen LogP contribution in [-0.4, -0.2) is 36.0 Å². The predicted molar refractivity (Wildman–Crippen MR) is 424 cm³/mol. The molecule has 3 unspecified atom stereocenters. The maximum atomic E-state index is 7.10. The van der Waals surface area contributed by atoms with Gasteiger partial charge in [0, 0.05) is 56.0 Å². The van der Waals surface area contributed by atoms with E-state index in [4.69, 9.17) is 39.4 Å². The highest BCUT2D eigenvalue weighted by Crippen LogP contribution is 2.65. The first-order chi connectivity index (χ1) is 52.5. The Hall–Kier alpha value is -13.6. The average molecular weight is 1360 g/mol. The quantitative estimate of drug-likeness (QED) is 0.134. The second-order valence-corrected chi connectivity index (χ2v) is 28.0. The van der Waals surface area contributed by atoms with Crippen LogP contribution in [0.5, 0.6) is 17.2 Å². The van der Waals surface area contributed by atoms with Crippen molar-refractivity contribution in [1.82, 2.24) is 29.9 Å². The smallest absolute Gasteiger partial charge is 0.164 e. The number of allylic oxidation sites excluding steroid dienone is 6. The SMILES string of the molecule is C1=CC(c2nc(-c3cccc(-c4cccc5c4-c4ccccc4C54c5ccccc5Oc5ccc(-c6ccccc6-c6nc(-c7ccccc7)nc(-c7ccccc7-c7ccccc7)n6)cc54)c3)nc(-c3ccccc3C3=CC4C(C=C3)Oc3ccccc3C43c4ccccc4-c4ccccc43)n2)=CCC1. The zero-order chi connectivity index (χ0) is 69.9. The molecule has 0 N–H and O–H groups in total. The fourth-order valence-corrected chi connectivity index (χ4v) is 17.9. The molecule has 3 atom stereocenters. The Morgan fingerprint density at radius 1 is 0.283 bits per heavy atom. The molecular weight excluding hydrogens is 1290 g/mol. The lowest BCUT2D eigenvalue weighted by Gasteiger charge is -2.47. The highest BCUT2D eigenvalue weighted by molar-refractivity contribution is 5.98. The van der Waals surface area contributed by atoms with Crippen molar-refractivity contribution in [2.24, 2.45) is 5.92 Å². The van der Waals surface area contributed by atoms with Gasteiger partial charge in [-0.15, -0.1) is 0 Å². The fraction of sp³-hybridized carbons (Fsp3) is 0.0612. The van der Waals surface area contributed by atoms with E-state index in [0.29, 0.717) is 34.9 Å². The largest absolute Gasteiger partial charge is 0.485 e. The van der Waals surface area contributed by atoms with Crippen LogP contribution in [0.25, 0.3) is 124 Å². The Bertz CT molecular complexity index is 6220. The summed E-state index contributed by atoms with van der Waals surface area (Å²) in [6.45, 7) is 0. The van der Waals surface area contributed by atoms with Gasteiger partial charge < -0.3 is 9.47 Å². The van der Waals surface area contributed by atoms with E-state index in [1.807, 2.05) is 24.3 Å². The molecule has 0 radical (unpaired) electrons.